The Balaban J connectivity index is 1.79. The van der Waals surface area contributed by atoms with Crippen LogP contribution in [0.25, 0.3) is 11.3 Å². The number of nitrogens with one attached hydrogen (secondary N) is 2. The summed E-state index contributed by atoms with van der Waals surface area (Å²) in [5.41, 5.74) is 4.08. The molecule has 0 spiro atoms. The number of nitrogens with zero attached hydrogens (tertiary/aromatic N) is 4. The summed E-state index contributed by atoms with van der Waals surface area (Å²) < 4.78 is 27.9. The molecule has 9 nitrogen and oxygen atoms in total. The maximum Gasteiger partial charge on any atom is 0.269 e. The van der Waals surface area contributed by atoms with Crippen LogP contribution in [-0.4, -0.2) is 52.7 Å². The molecule has 29 heavy (non-hydrogen) atoms. The number of aryl methyl sites for hydroxylation is 2. The molecule has 2 heterocycles. The maximum absolute atomic E-state index is 12.6. The van der Waals surface area contributed by atoms with Gasteiger partial charge in [0.15, 0.2) is 0 Å². The average Bonchev–Trinajstić information content (AvgIpc) is 3.24. The molecule has 0 saturated carbocycles. The molecule has 0 radical (unpaired) electrons. The van der Waals surface area contributed by atoms with Crippen LogP contribution in [0.15, 0.2) is 35.2 Å². The van der Waals surface area contributed by atoms with Gasteiger partial charge in [0.25, 0.3) is 5.91 Å². The molecular weight excluding hydrogens is 392 g/mol. The number of amides is 1. The lowest BCUT2D eigenvalue weighted by Crippen LogP contribution is -2.27. The fourth-order valence-electron chi connectivity index (χ4n) is 3.08. The second-order valence-corrected chi connectivity index (χ2v) is 9.03. The van der Waals surface area contributed by atoms with Crippen LogP contribution in [0.5, 0.6) is 0 Å². The second-order valence-electron chi connectivity index (χ2n) is 6.91. The van der Waals surface area contributed by atoms with E-state index >= 15 is 0 Å². The number of carbonyl (C=O) groups excluding carboxylic acids is 1. The van der Waals surface area contributed by atoms with Gasteiger partial charge >= 0.3 is 0 Å². The standard InChI is InChI=1S/C19H24N6O3S/c1-12-18(13(2)25(5)23-12)15-10-16(22-21-15)19(26)20-11-14-8-6-7-9-17(14)29(27,28)24(3)4/h6-10H,11H2,1-5H3,(H,20,26)(H,21,22). The molecule has 1 amide bonds. The average molecular weight is 417 g/mol. The van der Waals surface area contributed by atoms with Gasteiger partial charge in [-0.3, -0.25) is 14.6 Å². The highest BCUT2D eigenvalue weighted by atomic mass is 32.2. The second kappa shape index (κ2) is 7.80. The highest BCUT2D eigenvalue weighted by Gasteiger charge is 2.21. The molecule has 3 rings (SSSR count). The quantitative estimate of drug-likeness (QED) is 0.634. The van der Waals surface area contributed by atoms with E-state index in [4.69, 9.17) is 0 Å². The SMILES string of the molecule is Cc1nn(C)c(C)c1-c1cc(C(=O)NCc2ccccc2S(=O)(=O)N(C)C)[nH]n1. The fraction of sp³-hybridized carbons (Fsp3) is 0.316. The molecule has 0 aliphatic carbocycles. The van der Waals surface area contributed by atoms with Gasteiger partial charge in [-0.2, -0.15) is 10.2 Å². The summed E-state index contributed by atoms with van der Waals surface area (Å²) in [5.74, 6) is -0.375. The lowest BCUT2D eigenvalue weighted by Gasteiger charge is -2.15. The van der Waals surface area contributed by atoms with Gasteiger partial charge in [0.05, 0.1) is 16.3 Å². The summed E-state index contributed by atoms with van der Waals surface area (Å²) in [7, 11) is 1.19. The Bertz CT molecular complexity index is 1160. The molecule has 0 fully saturated rings. The minimum atomic E-state index is -3.61. The zero-order valence-electron chi connectivity index (χ0n) is 17.0. The van der Waals surface area contributed by atoms with E-state index in [9.17, 15) is 13.2 Å². The van der Waals surface area contributed by atoms with E-state index in [1.54, 1.807) is 28.9 Å². The first-order chi connectivity index (χ1) is 13.6. The van der Waals surface area contributed by atoms with Crippen molar-refractivity contribution in [2.24, 2.45) is 7.05 Å². The molecule has 0 unspecified atom stereocenters. The first-order valence-electron chi connectivity index (χ1n) is 8.97. The Labute approximate surface area is 169 Å². The van der Waals surface area contributed by atoms with E-state index in [2.05, 4.69) is 20.6 Å². The molecule has 0 atom stereocenters. The van der Waals surface area contributed by atoms with Gasteiger partial charge in [0.1, 0.15) is 5.69 Å². The van der Waals surface area contributed by atoms with E-state index in [0.717, 1.165) is 21.3 Å². The van der Waals surface area contributed by atoms with Crippen molar-refractivity contribution in [2.45, 2.75) is 25.3 Å². The molecule has 0 aliphatic rings. The van der Waals surface area contributed by atoms with Crippen molar-refractivity contribution >= 4 is 15.9 Å². The van der Waals surface area contributed by atoms with Crippen molar-refractivity contribution in [3.63, 3.8) is 0 Å². The summed E-state index contributed by atoms with van der Waals surface area (Å²) in [5, 5.41) is 14.1. The zero-order valence-corrected chi connectivity index (χ0v) is 17.8. The lowest BCUT2D eigenvalue weighted by atomic mass is 10.1. The molecule has 10 heteroatoms. The molecular formula is C19H24N6O3S. The summed E-state index contributed by atoms with van der Waals surface area (Å²) in [6, 6.07) is 8.26. The van der Waals surface area contributed by atoms with Crippen LogP contribution in [0, 0.1) is 13.8 Å². The largest absolute Gasteiger partial charge is 0.347 e. The van der Waals surface area contributed by atoms with Crippen molar-refractivity contribution < 1.29 is 13.2 Å². The minimum absolute atomic E-state index is 0.0708. The number of aromatic nitrogens is 4. The predicted molar refractivity (Wildman–Crippen MR) is 109 cm³/mol. The van der Waals surface area contributed by atoms with Crippen LogP contribution < -0.4 is 5.32 Å². The van der Waals surface area contributed by atoms with E-state index in [0.29, 0.717) is 11.3 Å². The summed E-state index contributed by atoms with van der Waals surface area (Å²) >= 11 is 0. The molecule has 2 aromatic heterocycles. The van der Waals surface area contributed by atoms with Crippen LogP contribution in [0.3, 0.4) is 0 Å². The summed E-state index contributed by atoms with van der Waals surface area (Å²) in [6.45, 7) is 3.89. The van der Waals surface area contributed by atoms with Gasteiger partial charge in [-0.05, 0) is 31.5 Å². The van der Waals surface area contributed by atoms with Gasteiger partial charge in [0.2, 0.25) is 10.0 Å². The van der Waals surface area contributed by atoms with E-state index in [-0.39, 0.29) is 23.0 Å². The first-order valence-corrected chi connectivity index (χ1v) is 10.4. The Morgan fingerprint density at radius 1 is 1.24 bits per heavy atom. The first kappa shape index (κ1) is 20.7. The topological polar surface area (TPSA) is 113 Å². The Morgan fingerprint density at radius 3 is 2.55 bits per heavy atom. The van der Waals surface area contributed by atoms with Gasteiger partial charge in [0, 0.05) is 38.9 Å². The summed E-state index contributed by atoms with van der Waals surface area (Å²) in [4.78, 5) is 12.7. The third-order valence-electron chi connectivity index (χ3n) is 4.76. The zero-order chi connectivity index (χ0) is 21.3. The van der Waals surface area contributed by atoms with E-state index in [1.165, 1.54) is 20.2 Å². The van der Waals surface area contributed by atoms with Crippen molar-refractivity contribution in [1.29, 1.82) is 0 Å². The van der Waals surface area contributed by atoms with Crippen LogP contribution >= 0.6 is 0 Å². The highest BCUT2D eigenvalue weighted by molar-refractivity contribution is 7.89. The van der Waals surface area contributed by atoms with Gasteiger partial charge in [-0.15, -0.1) is 0 Å². The number of sulfonamides is 1. The summed E-state index contributed by atoms with van der Waals surface area (Å²) in [6.07, 6.45) is 0. The number of carbonyl (C=O) groups is 1. The number of benzene rings is 1. The Morgan fingerprint density at radius 2 is 1.93 bits per heavy atom. The van der Waals surface area contributed by atoms with Crippen molar-refractivity contribution in [3.05, 3.63) is 53.0 Å². The minimum Gasteiger partial charge on any atom is -0.347 e. The van der Waals surface area contributed by atoms with Crippen molar-refractivity contribution in [1.82, 2.24) is 29.6 Å². The van der Waals surface area contributed by atoms with E-state index < -0.39 is 10.0 Å². The molecule has 0 saturated heterocycles. The molecule has 2 N–H and O–H groups in total. The van der Waals surface area contributed by atoms with Crippen LogP contribution in [0.2, 0.25) is 0 Å². The van der Waals surface area contributed by atoms with Crippen molar-refractivity contribution in [2.75, 3.05) is 14.1 Å². The number of H-pyrrole nitrogens is 1. The van der Waals surface area contributed by atoms with Crippen molar-refractivity contribution in [3.8, 4) is 11.3 Å². The van der Waals surface area contributed by atoms with Gasteiger partial charge < -0.3 is 5.32 Å². The van der Waals surface area contributed by atoms with Gasteiger partial charge in [-0.25, -0.2) is 12.7 Å². The molecule has 1 aromatic carbocycles. The fourth-order valence-corrected chi connectivity index (χ4v) is 4.19. The maximum atomic E-state index is 12.6. The molecule has 0 aliphatic heterocycles. The Hall–Kier alpha value is -2.98. The monoisotopic (exact) mass is 416 g/mol. The molecule has 3 aromatic rings. The highest BCUT2D eigenvalue weighted by Crippen LogP contribution is 2.25. The third kappa shape index (κ3) is 3.94. The molecule has 0 bridgehead atoms. The van der Waals surface area contributed by atoms with Crippen LogP contribution in [0.1, 0.15) is 27.4 Å². The van der Waals surface area contributed by atoms with Gasteiger partial charge in [-0.1, -0.05) is 18.2 Å². The number of aromatic amines is 1. The van der Waals surface area contributed by atoms with Crippen LogP contribution in [-0.2, 0) is 23.6 Å². The van der Waals surface area contributed by atoms with Crippen LogP contribution in [0.4, 0.5) is 0 Å². The normalized spacial score (nSPS) is 11.8. The molecule has 154 valence electrons. The third-order valence-corrected chi connectivity index (χ3v) is 6.67. The number of hydrogen-bond donors (Lipinski definition) is 2. The predicted octanol–water partition coefficient (Wildman–Crippen LogP) is 1.61. The number of rotatable bonds is 6. The number of hydrogen-bond acceptors (Lipinski definition) is 5. The smallest absolute Gasteiger partial charge is 0.269 e. The van der Waals surface area contributed by atoms with E-state index in [1.807, 2.05) is 20.9 Å². The Kier molecular flexibility index (Phi) is 5.58. The lowest BCUT2D eigenvalue weighted by molar-refractivity contribution is 0.0945.